The van der Waals surface area contributed by atoms with E-state index in [0.29, 0.717) is 17.6 Å². The largest absolute Gasteiger partial charge is 0.478 e. The topological polar surface area (TPSA) is 70.7 Å². The van der Waals surface area contributed by atoms with Crippen molar-refractivity contribution in [2.75, 3.05) is 13.1 Å². The lowest BCUT2D eigenvalue weighted by Crippen LogP contribution is -2.28. The Morgan fingerprint density at radius 2 is 2.33 bits per heavy atom. The molecule has 112 valence electrons. The molecule has 21 heavy (non-hydrogen) atoms. The average molecular weight is 288 g/mol. The first kappa shape index (κ1) is 14.0. The van der Waals surface area contributed by atoms with E-state index in [4.69, 9.17) is 0 Å². The van der Waals surface area contributed by atoms with Crippen LogP contribution in [0.3, 0.4) is 0 Å². The molecule has 0 amide bonds. The molecule has 2 aromatic rings. The molecule has 2 aromatic heterocycles. The monoisotopic (exact) mass is 288 g/mol. The minimum absolute atomic E-state index is 0.200. The van der Waals surface area contributed by atoms with Crippen LogP contribution in [-0.2, 0) is 6.42 Å². The molecule has 0 radical (unpaired) electrons. The first-order chi connectivity index (χ1) is 10.0. The Bertz CT molecular complexity index is 665. The predicted octanol–water partition coefficient (Wildman–Crippen LogP) is 1.70. The van der Waals surface area contributed by atoms with Crippen LogP contribution in [0, 0.1) is 5.92 Å². The van der Waals surface area contributed by atoms with Crippen molar-refractivity contribution in [3.8, 4) is 0 Å². The van der Waals surface area contributed by atoms with Gasteiger partial charge in [-0.05, 0) is 44.9 Å². The Hall–Kier alpha value is -1.95. The highest BCUT2D eigenvalue weighted by Crippen LogP contribution is 2.22. The van der Waals surface area contributed by atoms with Crippen molar-refractivity contribution in [2.45, 2.75) is 32.7 Å². The van der Waals surface area contributed by atoms with Crippen molar-refractivity contribution in [1.29, 1.82) is 0 Å². The van der Waals surface area contributed by atoms with Crippen LogP contribution in [0.5, 0.6) is 0 Å². The number of carbonyl (C=O) groups is 1. The summed E-state index contributed by atoms with van der Waals surface area (Å²) in [7, 11) is 0. The van der Waals surface area contributed by atoms with Gasteiger partial charge < -0.3 is 10.0 Å². The van der Waals surface area contributed by atoms with Gasteiger partial charge >= 0.3 is 5.97 Å². The SMILES string of the molecule is CC(C)N1CCC(Cc2nc3c(C(=O)O)cccn3n2)C1. The summed E-state index contributed by atoms with van der Waals surface area (Å²) in [5.74, 6) is 0.323. The molecule has 6 nitrogen and oxygen atoms in total. The highest BCUT2D eigenvalue weighted by atomic mass is 16.4. The van der Waals surface area contributed by atoms with Crippen LogP contribution in [-0.4, -0.2) is 49.7 Å². The van der Waals surface area contributed by atoms with Gasteiger partial charge in [0.25, 0.3) is 0 Å². The third-order valence-electron chi connectivity index (χ3n) is 4.16. The number of nitrogens with zero attached hydrogens (tertiary/aromatic N) is 4. The summed E-state index contributed by atoms with van der Waals surface area (Å²) in [5.41, 5.74) is 0.630. The van der Waals surface area contributed by atoms with Crippen molar-refractivity contribution in [3.05, 3.63) is 29.7 Å². The third kappa shape index (κ3) is 2.76. The maximum absolute atomic E-state index is 11.2. The third-order valence-corrected chi connectivity index (χ3v) is 4.16. The minimum atomic E-state index is -0.966. The van der Waals surface area contributed by atoms with E-state index in [0.717, 1.165) is 31.8 Å². The van der Waals surface area contributed by atoms with Crippen LogP contribution < -0.4 is 0 Å². The van der Waals surface area contributed by atoms with Gasteiger partial charge in [-0.15, -0.1) is 0 Å². The van der Waals surface area contributed by atoms with E-state index in [1.165, 1.54) is 0 Å². The van der Waals surface area contributed by atoms with Crippen molar-refractivity contribution in [3.63, 3.8) is 0 Å². The van der Waals surface area contributed by atoms with Crippen molar-refractivity contribution >= 4 is 11.6 Å². The Balaban J connectivity index is 1.80. The number of aromatic nitrogens is 3. The first-order valence-electron chi connectivity index (χ1n) is 7.36. The number of fused-ring (bicyclic) bond motifs is 1. The fourth-order valence-electron chi connectivity index (χ4n) is 2.96. The Labute approximate surface area is 123 Å². The summed E-state index contributed by atoms with van der Waals surface area (Å²) < 4.78 is 1.56. The summed E-state index contributed by atoms with van der Waals surface area (Å²) in [6, 6.07) is 3.82. The van der Waals surface area contributed by atoms with Crippen LogP contribution in [0.15, 0.2) is 18.3 Å². The summed E-state index contributed by atoms with van der Waals surface area (Å²) >= 11 is 0. The van der Waals surface area contributed by atoms with Crippen LogP contribution in [0.4, 0.5) is 0 Å². The Morgan fingerprint density at radius 1 is 1.52 bits per heavy atom. The van der Waals surface area contributed by atoms with Gasteiger partial charge in [-0.25, -0.2) is 14.3 Å². The van der Waals surface area contributed by atoms with Crippen molar-refractivity contribution in [1.82, 2.24) is 19.5 Å². The van der Waals surface area contributed by atoms with E-state index in [1.807, 2.05) is 0 Å². The van der Waals surface area contributed by atoms with E-state index < -0.39 is 5.97 Å². The summed E-state index contributed by atoms with van der Waals surface area (Å²) in [6.45, 7) is 6.62. The van der Waals surface area contributed by atoms with Gasteiger partial charge in [0.15, 0.2) is 11.5 Å². The standard InChI is InChI=1S/C15H20N4O2/c1-10(2)18-7-5-11(9-18)8-13-16-14-12(15(20)21)4-3-6-19(14)17-13/h3-4,6,10-11H,5,7-9H2,1-2H3,(H,20,21). The fraction of sp³-hybridized carbons (Fsp3) is 0.533. The van der Waals surface area contributed by atoms with E-state index in [2.05, 4.69) is 28.8 Å². The molecule has 1 aliphatic rings. The zero-order valence-electron chi connectivity index (χ0n) is 12.4. The summed E-state index contributed by atoms with van der Waals surface area (Å²) in [6.07, 6.45) is 3.71. The van der Waals surface area contributed by atoms with Gasteiger partial charge in [-0.2, -0.15) is 5.10 Å². The molecule has 1 aliphatic heterocycles. The lowest BCUT2D eigenvalue weighted by molar-refractivity contribution is 0.0698. The molecule has 0 aromatic carbocycles. The van der Waals surface area contributed by atoms with Gasteiger partial charge in [0, 0.05) is 25.2 Å². The molecular formula is C15H20N4O2. The molecule has 6 heteroatoms. The molecule has 1 N–H and O–H groups in total. The quantitative estimate of drug-likeness (QED) is 0.927. The van der Waals surface area contributed by atoms with Crippen LogP contribution in [0.2, 0.25) is 0 Å². The van der Waals surface area contributed by atoms with Gasteiger partial charge in [-0.3, -0.25) is 0 Å². The number of pyridine rings is 1. The fourth-order valence-corrected chi connectivity index (χ4v) is 2.96. The smallest absolute Gasteiger partial charge is 0.339 e. The maximum atomic E-state index is 11.2. The summed E-state index contributed by atoms with van der Waals surface area (Å²) in [5, 5.41) is 13.6. The average Bonchev–Trinajstić information content (AvgIpc) is 3.04. The van der Waals surface area contributed by atoms with Gasteiger partial charge in [0.1, 0.15) is 5.56 Å². The second-order valence-corrected chi connectivity index (χ2v) is 5.97. The van der Waals surface area contributed by atoms with Crippen molar-refractivity contribution < 1.29 is 9.90 Å². The van der Waals surface area contributed by atoms with Crippen LogP contribution >= 0.6 is 0 Å². The molecule has 1 fully saturated rings. The van der Waals surface area contributed by atoms with E-state index >= 15 is 0 Å². The molecule has 1 atom stereocenters. The molecule has 0 aliphatic carbocycles. The molecule has 0 bridgehead atoms. The second-order valence-electron chi connectivity index (χ2n) is 5.97. The molecule has 3 rings (SSSR count). The molecular weight excluding hydrogens is 268 g/mol. The lowest BCUT2D eigenvalue weighted by Gasteiger charge is -2.19. The molecule has 0 spiro atoms. The number of carboxylic acid groups (broad SMARTS) is 1. The highest BCUT2D eigenvalue weighted by molar-refractivity contribution is 5.94. The first-order valence-corrected chi connectivity index (χ1v) is 7.36. The molecule has 3 heterocycles. The number of likely N-dealkylation sites (tertiary alicyclic amines) is 1. The second kappa shape index (κ2) is 5.44. The van der Waals surface area contributed by atoms with E-state index in [1.54, 1.807) is 22.8 Å². The number of rotatable bonds is 4. The maximum Gasteiger partial charge on any atom is 0.339 e. The van der Waals surface area contributed by atoms with Gasteiger partial charge in [-0.1, -0.05) is 0 Å². The molecule has 0 saturated carbocycles. The molecule has 1 saturated heterocycles. The highest BCUT2D eigenvalue weighted by Gasteiger charge is 2.25. The van der Waals surface area contributed by atoms with Crippen LogP contribution in [0.1, 0.15) is 36.5 Å². The number of carboxylic acids is 1. The minimum Gasteiger partial charge on any atom is -0.478 e. The predicted molar refractivity (Wildman–Crippen MR) is 78.5 cm³/mol. The van der Waals surface area contributed by atoms with Gasteiger partial charge in [0.2, 0.25) is 0 Å². The van der Waals surface area contributed by atoms with E-state index in [-0.39, 0.29) is 5.56 Å². The number of hydrogen-bond donors (Lipinski definition) is 1. The van der Waals surface area contributed by atoms with E-state index in [9.17, 15) is 9.90 Å². The number of hydrogen-bond acceptors (Lipinski definition) is 4. The van der Waals surface area contributed by atoms with Crippen LogP contribution in [0.25, 0.3) is 5.65 Å². The molecule has 1 unspecified atom stereocenters. The Kier molecular flexibility index (Phi) is 3.63. The Morgan fingerprint density at radius 3 is 3.00 bits per heavy atom. The zero-order valence-corrected chi connectivity index (χ0v) is 12.4. The normalized spacial score (nSPS) is 19.7. The van der Waals surface area contributed by atoms with Gasteiger partial charge in [0.05, 0.1) is 0 Å². The lowest BCUT2D eigenvalue weighted by atomic mass is 10.1. The summed E-state index contributed by atoms with van der Waals surface area (Å²) in [4.78, 5) is 18.1. The van der Waals surface area contributed by atoms with Crippen molar-refractivity contribution in [2.24, 2.45) is 5.92 Å². The number of aromatic carboxylic acids is 1. The zero-order chi connectivity index (χ0) is 15.0.